The van der Waals surface area contributed by atoms with Crippen LogP contribution in [0.25, 0.3) is 10.7 Å². The zero-order chi connectivity index (χ0) is 19.5. The van der Waals surface area contributed by atoms with Gasteiger partial charge >= 0.3 is 5.69 Å². The molecule has 0 spiro atoms. The fourth-order valence-corrected chi connectivity index (χ4v) is 3.75. The fraction of sp³-hybridized carbons (Fsp3) is 0.350. The van der Waals surface area contributed by atoms with E-state index in [9.17, 15) is 9.59 Å². The Balaban J connectivity index is 1.42. The third-order valence-corrected chi connectivity index (χ3v) is 5.43. The Labute approximate surface area is 166 Å². The molecule has 3 aromatic rings. The molecule has 146 valence electrons. The molecule has 0 radical (unpaired) electrons. The van der Waals surface area contributed by atoms with Gasteiger partial charge in [0.05, 0.1) is 18.0 Å². The summed E-state index contributed by atoms with van der Waals surface area (Å²) in [6.45, 7) is 3.16. The van der Waals surface area contributed by atoms with Crippen LogP contribution in [0.1, 0.15) is 36.2 Å². The molecule has 1 aliphatic rings. The van der Waals surface area contributed by atoms with E-state index < -0.39 is 0 Å². The fourth-order valence-electron chi connectivity index (χ4n) is 3.05. The Morgan fingerprint density at radius 2 is 2.07 bits per heavy atom. The minimum Gasteiger partial charge on any atom is -0.494 e. The molecule has 1 aliphatic carbocycles. The van der Waals surface area contributed by atoms with Crippen LogP contribution in [0.5, 0.6) is 5.75 Å². The summed E-state index contributed by atoms with van der Waals surface area (Å²) >= 11 is 1.57. The number of rotatable bonds is 8. The predicted molar refractivity (Wildman–Crippen MR) is 108 cm³/mol. The number of benzene rings is 1. The average molecular weight is 398 g/mol. The smallest absolute Gasteiger partial charge is 0.346 e. The standard InChI is InChI=1S/C20H22N4O3S/c1-2-27-16-9-5-14(6-10-16)19(25)21-11-12-23-20(26)24(15-7-8-15)18(22-23)17-4-3-13-28-17/h3-6,9-10,13,15H,2,7-8,11-12H2,1H3,(H,21,25). The Morgan fingerprint density at radius 1 is 1.29 bits per heavy atom. The van der Waals surface area contributed by atoms with Crippen LogP contribution in [0.4, 0.5) is 0 Å². The summed E-state index contributed by atoms with van der Waals surface area (Å²) in [5.41, 5.74) is 0.444. The van der Waals surface area contributed by atoms with Gasteiger partial charge in [-0.1, -0.05) is 6.07 Å². The Hall–Kier alpha value is -2.87. The molecule has 2 heterocycles. The van der Waals surface area contributed by atoms with Gasteiger partial charge in [0, 0.05) is 18.2 Å². The summed E-state index contributed by atoms with van der Waals surface area (Å²) in [4.78, 5) is 26.0. The maximum absolute atomic E-state index is 12.8. The lowest BCUT2D eigenvalue weighted by Crippen LogP contribution is -2.32. The number of aromatic nitrogens is 3. The monoisotopic (exact) mass is 398 g/mol. The van der Waals surface area contributed by atoms with Crippen LogP contribution >= 0.6 is 11.3 Å². The first-order valence-electron chi connectivity index (χ1n) is 9.41. The SMILES string of the molecule is CCOc1ccc(C(=O)NCCn2nc(-c3cccs3)n(C3CC3)c2=O)cc1. The lowest BCUT2D eigenvalue weighted by molar-refractivity contribution is 0.0951. The third kappa shape index (κ3) is 3.87. The van der Waals surface area contributed by atoms with Gasteiger partial charge in [0.2, 0.25) is 0 Å². The van der Waals surface area contributed by atoms with Gasteiger partial charge in [0.15, 0.2) is 5.82 Å². The Morgan fingerprint density at radius 3 is 2.71 bits per heavy atom. The van der Waals surface area contributed by atoms with Crippen molar-refractivity contribution in [2.45, 2.75) is 32.4 Å². The van der Waals surface area contributed by atoms with Crippen molar-refractivity contribution >= 4 is 17.2 Å². The molecule has 28 heavy (non-hydrogen) atoms. The first-order valence-corrected chi connectivity index (χ1v) is 10.3. The second-order valence-corrected chi connectivity index (χ2v) is 7.57. The van der Waals surface area contributed by atoms with Crippen LogP contribution < -0.4 is 15.7 Å². The summed E-state index contributed by atoms with van der Waals surface area (Å²) in [6, 6.07) is 11.2. The number of nitrogens with one attached hydrogen (secondary N) is 1. The number of carbonyl (C=O) groups is 1. The molecule has 4 rings (SSSR count). The molecule has 1 N–H and O–H groups in total. The van der Waals surface area contributed by atoms with Gasteiger partial charge in [-0.05, 0) is 55.5 Å². The minimum atomic E-state index is -0.184. The van der Waals surface area contributed by atoms with Gasteiger partial charge < -0.3 is 10.1 Å². The molecule has 0 atom stereocenters. The van der Waals surface area contributed by atoms with E-state index in [0.717, 1.165) is 29.3 Å². The maximum Gasteiger partial charge on any atom is 0.346 e. The summed E-state index contributed by atoms with van der Waals surface area (Å²) in [5, 5.41) is 9.35. The molecule has 7 nitrogen and oxygen atoms in total. The third-order valence-electron chi connectivity index (χ3n) is 4.56. The lowest BCUT2D eigenvalue weighted by Gasteiger charge is -2.06. The zero-order valence-corrected chi connectivity index (χ0v) is 16.4. The average Bonchev–Trinajstić information content (AvgIpc) is 3.27. The van der Waals surface area contributed by atoms with E-state index in [1.165, 1.54) is 4.68 Å². The molecule has 0 unspecified atom stereocenters. The molecule has 0 aliphatic heterocycles. The van der Waals surface area contributed by atoms with Crippen LogP contribution in [-0.2, 0) is 6.54 Å². The van der Waals surface area contributed by atoms with E-state index >= 15 is 0 Å². The minimum absolute atomic E-state index is 0.110. The molecule has 1 aromatic carbocycles. The zero-order valence-electron chi connectivity index (χ0n) is 15.6. The molecule has 8 heteroatoms. The van der Waals surface area contributed by atoms with Gasteiger partial charge in [-0.25, -0.2) is 9.48 Å². The van der Waals surface area contributed by atoms with Crippen molar-refractivity contribution < 1.29 is 9.53 Å². The first-order chi connectivity index (χ1) is 13.7. The molecule has 2 aromatic heterocycles. The molecule has 1 fully saturated rings. The van der Waals surface area contributed by atoms with Crippen molar-refractivity contribution in [3.63, 3.8) is 0 Å². The second kappa shape index (κ2) is 8.02. The number of hydrogen-bond donors (Lipinski definition) is 1. The van der Waals surface area contributed by atoms with Crippen molar-refractivity contribution in [3.8, 4) is 16.5 Å². The molecular formula is C20H22N4O3S. The molecular weight excluding hydrogens is 376 g/mol. The highest BCUT2D eigenvalue weighted by Gasteiger charge is 2.30. The van der Waals surface area contributed by atoms with Gasteiger partial charge in [0.1, 0.15) is 5.75 Å². The maximum atomic E-state index is 12.8. The quantitative estimate of drug-likeness (QED) is 0.633. The predicted octanol–water partition coefficient (Wildman–Crippen LogP) is 2.94. The number of hydrogen-bond acceptors (Lipinski definition) is 5. The van der Waals surface area contributed by atoms with E-state index in [0.29, 0.717) is 25.3 Å². The second-order valence-electron chi connectivity index (χ2n) is 6.62. The number of ether oxygens (including phenoxy) is 1. The van der Waals surface area contributed by atoms with Crippen LogP contribution in [0.15, 0.2) is 46.6 Å². The van der Waals surface area contributed by atoms with Crippen molar-refractivity contribution in [1.82, 2.24) is 19.7 Å². The van der Waals surface area contributed by atoms with Crippen molar-refractivity contribution in [1.29, 1.82) is 0 Å². The molecule has 1 saturated carbocycles. The molecule has 0 saturated heterocycles. The highest BCUT2D eigenvalue weighted by molar-refractivity contribution is 7.13. The van der Waals surface area contributed by atoms with Gasteiger partial charge in [0.25, 0.3) is 5.91 Å². The van der Waals surface area contributed by atoms with E-state index in [4.69, 9.17) is 4.74 Å². The summed E-state index contributed by atoms with van der Waals surface area (Å²) < 4.78 is 8.62. The Bertz CT molecular complexity index is 1000. The van der Waals surface area contributed by atoms with Crippen molar-refractivity contribution in [3.05, 3.63) is 57.8 Å². The van der Waals surface area contributed by atoms with Crippen LogP contribution in [0, 0.1) is 0 Å². The van der Waals surface area contributed by atoms with Crippen LogP contribution in [-0.4, -0.2) is 33.4 Å². The highest BCUT2D eigenvalue weighted by atomic mass is 32.1. The topological polar surface area (TPSA) is 78.2 Å². The number of thiophene rings is 1. The van der Waals surface area contributed by atoms with Crippen molar-refractivity contribution in [2.24, 2.45) is 0 Å². The largest absolute Gasteiger partial charge is 0.494 e. The summed E-state index contributed by atoms with van der Waals surface area (Å²) in [5.74, 6) is 1.27. The lowest BCUT2D eigenvalue weighted by atomic mass is 10.2. The van der Waals surface area contributed by atoms with E-state index in [1.54, 1.807) is 40.2 Å². The van der Waals surface area contributed by atoms with Gasteiger partial charge in [-0.2, -0.15) is 0 Å². The summed E-state index contributed by atoms with van der Waals surface area (Å²) in [6.07, 6.45) is 2.02. The van der Waals surface area contributed by atoms with Gasteiger partial charge in [-0.15, -0.1) is 16.4 Å². The first kappa shape index (κ1) is 18.5. The Kier molecular flexibility index (Phi) is 5.29. The number of nitrogens with zero attached hydrogens (tertiary/aromatic N) is 3. The number of amides is 1. The molecule has 0 bridgehead atoms. The number of carbonyl (C=O) groups excluding carboxylic acids is 1. The normalized spacial score (nSPS) is 13.5. The highest BCUT2D eigenvalue weighted by Crippen LogP contribution is 2.37. The summed E-state index contributed by atoms with van der Waals surface area (Å²) in [7, 11) is 0. The van der Waals surface area contributed by atoms with Crippen molar-refractivity contribution in [2.75, 3.05) is 13.2 Å². The van der Waals surface area contributed by atoms with Crippen LogP contribution in [0.2, 0.25) is 0 Å². The van der Waals surface area contributed by atoms with E-state index in [1.807, 2.05) is 24.4 Å². The molecule has 1 amide bonds. The van der Waals surface area contributed by atoms with Crippen LogP contribution in [0.3, 0.4) is 0 Å². The van der Waals surface area contributed by atoms with E-state index in [-0.39, 0.29) is 17.6 Å². The van der Waals surface area contributed by atoms with E-state index in [2.05, 4.69) is 10.4 Å². The van der Waals surface area contributed by atoms with Gasteiger partial charge in [-0.3, -0.25) is 9.36 Å².